The van der Waals surface area contributed by atoms with Gasteiger partial charge in [-0.1, -0.05) is 89.7 Å². The maximum absolute atomic E-state index is 11.3. The number of aliphatic hydroxyl groups is 1. The van der Waals surface area contributed by atoms with Gasteiger partial charge in [-0.05, 0) is 32.1 Å². The highest BCUT2D eigenvalue weighted by atomic mass is 16.3. The molecule has 0 aromatic rings. The van der Waals surface area contributed by atoms with Crippen LogP contribution in [0, 0.1) is 0 Å². The van der Waals surface area contributed by atoms with Crippen LogP contribution in [0.5, 0.6) is 0 Å². The molecule has 3 heteroatoms. The molecule has 3 nitrogen and oxygen atoms in total. The van der Waals surface area contributed by atoms with E-state index in [4.69, 9.17) is 5.11 Å². The van der Waals surface area contributed by atoms with Crippen LogP contribution in [-0.2, 0) is 4.79 Å². The molecule has 0 aliphatic heterocycles. The molecule has 0 aliphatic rings. The highest BCUT2D eigenvalue weighted by Crippen LogP contribution is 2.11. The fraction of sp³-hybridized carbons (Fsp3) is 0.870. The van der Waals surface area contributed by atoms with E-state index in [1.54, 1.807) is 0 Å². The second kappa shape index (κ2) is 22.2. The zero-order chi connectivity index (χ0) is 19.1. The number of carbonyl (C=O) groups is 1. The molecule has 154 valence electrons. The molecule has 0 aromatic carbocycles. The summed E-state index contributed by atoms with van der Waals surface area (Å²) in [7, 11) is 0. The molecule has 0 atom stereocenters. The molecule has 0 unspecified atom stereocenters. The maximum atomic E-state index is 11.3. The summed E-state index contributed by atoms with van der Waals surface area (Å²) in [5.74, 6) is 0.0716. The van der Waals surface area contributed by atoms with E-state index >= 15 is 0 Å². The number of amides is 1. The lowest BCUT2D eigenvalue weighted by Gasteiger charge is -2.03. The summed E-state index contributed by atoms with van der Waals surface area (Å²) in [6.07, 6.45) is 26.2. The molecule has 0 rings (SSSR count). The number of rotatable bonds is 20. The van der Waals surface area contributed by atoms with Crippen molar-refractivity contribution in [2.75, 3.05) is 13.2 Å². The second-order valence-corrected chi connectivity index (χ2v) is 7.47. The van der Waals surface area contributed by atoms with Crippen molar-refractivity contribution in [3.8, 4) is 0 Å². The minimum atomic E-state index is 0.0278. The topological polar surface area (TPSA) is 49.3 Å². The lowest BCUT2D eigenvalue weighted by Crippen LogP contribution is -2.25. The fourth-order valence-corrected chi connectivity index (χ4v) is 3.17. The average molecular weight is 368 g/mol. The van der Waals surface area contributed by atoms with Crippen LogP contribution in [-0.4, -0.2) is 24.2 Å². The molecule has 0 spiro atoms. The van der Waals surface area contributed by atoms with Gasteiger partial charge in [0.2, 0.25) is 5.91 Å². The maximum Gasteiger partial charge on any atom is 0.220 e. The number of hydrogen-bond donors (Lipinski definition) is 2. The van der Waals surface area contributed by atoms with E-state index in [1.165, 1.54) is 89.9 Å². The van der Waals surface area contributed by atoms with E-state index in [9.17, 15) is 4.79 Å². The van der Waals surface area contributed by atoms with Crippen molar-refractivity contribution >= 4 is 5.91 Å². The van der Waals surface area contributed by atoms with E-state index in [2.05, 4.69) is 24.4 Å². The van der Waals surface area contributed by atoms with Crippen LogP contribution in [0.4, 0.5) is 0 Å². The quantitative estimate of drug-likeness (QED) is 0.196. The van der Waals surface area contributed by atoms with E-state index in [-0.39, 0.29) is 12.5 Å². The number of carbonyl (C=O) groups excluding carboxylic acids is 1. The van der Waals surface area contributed by atoms with Crippen molar-refractivity contribution in [2.45, 2.75) is 116 Å². The zero-order valence-corrected chi connectivity index (χ0v) is 17.4. The van der Waals surface area contributed by atoms with Gasteiger partial charge in [-0.15, -0.1) is 0 Å². The molecule has 0 bridgehead atoms. The van der Waals surface area contributed by atoms with Gasteiger partial charge in [0.1, 0.15) is 0 Å². The summed E-state index contributed by atoms with van der Waals surface area (Å²) < 4.78 is 0. The zero-order valence-electron chi connectivity index (χ0n) is 17.4. The van der Waals surface area contributed by atoms with Gasteiger partial charge in [-0.2, -0.15) is 0 Å². The highest BCUT2D eigenvalue weighted by molar-refractivity contribution is 5.75. The first-order valence-corrected chi connectivity index (χ1v) is 11.3. The largest absolute Gasteiger partial charge is 0.395 e. The smallest absolute Gasteiger partial charge is 0.220 e. The normalized spacial score (nSPS) is 11.3. The number of allylic oxidation sites excluding steroid dienone is 2. The van der Waals surface area contributed by atoms with Gasteiger partial charge in [-0.3, -0.25) is 4.79 Å². The van der Waals surface area contributed by atoms with E-state index in [0.29, 0.717) is 13.0 Å². The Balaban J connectivity index is 3.13. The summed E-state index contributed by atoms with van der Waals surface area (Å²) in [4.78, 5) is 11.3. The van der Waals surface area contributed by atoms with Crippen LogP contribution in [0.25, 0.3) is 0 Å². The molecule has 26 heavy (non-hydrogen) atoms. The van der Waals surface area contributed by atoms with Gasteiger partial charge in [0.25, 0.3) is 0 Å². The fourth-order valence-electron chi connectivity index (χ4n) is 3.17. The first kappa shape index (κ1) is 25.2. The summed E-state index contributed by atoms with van der Waals surface area (Å²) in [6, 6.07) is 0. The summed E-state index contributed by atoms with van der Waals surface area (Å²) >= 11 is 0. The van der Waals surface area contributed by atoms with Gasteiger partial charge < -0.3 is 10.4 Å². The molecule has 0 radical (unpaired) electrons. The lowest BCUT2D eigenvalue weighted by atomic mass is 10.1. The van der Waals surface area contributed by atoms with Gasteiger partial charge in [-0.25, -0.2) is 0 Å². The van der Waals surface area contributed by atoms with Crippen molar-refractivity contribution in [3.63, 3.8) is 0 Å². The molecule has 0 aliphatic carbocycles. The lowest BCUT2D eigenvalue weighted by molar-refractivity contribution is -0.121. The Bertz CT molecular complexity index is 315. The number of unbranched alkanes of at least 4 members (excludes halogenated alkanes) is 14. The van der Waals surface area contributed by atoms with E-state index in [0.717, 1.165) is 12.8 Å². The third-order valence-electron chi connectivity index (χ3n) is 4.85. The van der Waals surface area contributed by atoms with Crippen LogP contribution < -0.4 is 5.32 Å². The summed E-state index contributed by atoms with van der Waals surface area (Å²) in [5.41, 5.74) is 0. The minimum absolute atomic E-state index is 0.0278. The van der Waals surface area contributed by atoms with Gasteiger partial charge in [0, 0.05) is 13.0 Å². The molecule has 0 saturated heterocycles. The molecule has 0 saturated carbocycles. The van der Waals surface area contributed by atoms with Crippen molar-refractivity contribution in [1.29, 1.82) is 0 Å². The third kappa shape index (κ3) is 21.2. The first-order valence-electron chi connectivity index (χ1n) is 11.3. The third-order valence-corrected chi connectivity index (χ3v) is 4.85. The monoisotopic (exact) mass is 367 g/mol. The van der Waals surface area contributed by atoms with Crippen molar-refractivity contribution < 1.29 is 9.90 Å². The Morgan fingerprint density at radius 3 is 1.69 bits per heavy atom. The van der Waals surface area contributed by atoms with Crippen molar-refractivity contribution in [2.24, 2.45) is 0 Å². The van der Waals surface area contributed by atoms with Crippen LogP contribution in [0.3, 0.4) is 0 Å². The Kier molecular flexibility index (Phi) is 21.5. The van der Waals surface area contributed by atoms with Crippen LogP contribution in [0.1, 0.15) is 116 Å². The summed E-state index contributed by atoms with van der Waals surface area (Å²) in [6.45, 7) is 2.68. The number of aliphatic hydroxyl groups excluding tert-OH is 1. The van der Waals surface area contributed by atoms with Gasteiger partial charge in [0.05, 0.1) is 6.61 Å². The van der Waals surface area contributed by atoms with Crippen molar-refractivity contribution in [3.05, 3.63) is 12.2 Å². The summed E-state index contributed by atoms with van der Waals surface area (Å²) in [5, 5.41) is 11.3. The number of hydrogen-bond acceptors (Lipinski definition) is 2. The Morgan fingerprint density at radius 2 is 1.19 bits per heavy atom. The van der Waals surface area contributed by atoms with E-state index in [1.807, 2.05) is 0 Å². The van der Waals surface area contributed by atoms with Crippen molar-refractivity contribution in [1.82, 2.24) is 5.32 Å². The molecule has 0 heterocycles. The molecule has 2 N–H and O–H groups in total. The van der Waals surface area contributed by atoms with Gasteiger partial charge in [0.15, 0.2) is 0 Å². The minimum Gasteiger partial charge on any atom is -0.395 e. The van der Waals surface area contributed by atoms with Crippen LogP contribution in [0.15, 0.2) is 12.2 Å². The number of nitrogens with one attached hydrogen (secondary N) is 1. The van der Waals surface area contributed by atoms with Crippen LogP contribution in [0.2, 0.25) is 0 Å². The average Bonchev–Trinajstić information content (AvgIpc) is 2.65. The van der Waals surface area contributed by atoms with E-state index < -0.39 is 0 Å². The Labute approximate surface area is 163 Å². The predicted octanol–water partition coefficient (Wildman–Crippen LogP) is 6.30. The first-order chi connectivity index (χ1) is 12.8. The molecule has 0 aromatic heterocycles. The molecule has 0 fully saturated rings. The Hall–Kier alpha value is -0.830. The molecular weight excluding hydrogens is 322 g/mol. The molecule has 1 amide bonds. The van der Waals surface area contributed by atoms with Crippen LogP contribution >= 0.6 is 0 Å². The standard InChI is InChI=1S/C23H45NO2/c1-2-3-4-5-6-7-8-9-10-11-12-13-14-15-16-17-18-19-20-23(26)24-21-22-25/h10-11,25H,2-9,12-22H2,1H3,(H,24,26)/b11-10-. The van der Waals surface area contributed by atoms with Gasteiger partial charge >= 0.3 is 0 Å². The predicted molar refractivity (Wildman–Crippen MR) is 113 cm³/mol. The molecular formula is C23H45NO2. The highest BCUT2D eigenvalue weighted by Gasteiger charge is 1.99. The SMILES string of the molecule is CCCCCCCCC/C=C\CCCCCCCCCC(=O)NCCO. The second-order valence-electron chi connectivity index (χ2n) is 7.47. The Morgan fingerprint density at radius 1 is 0.731 bits per heavy atom.